The van der Waals surface area contributed by atoms with E-state index in [0.717, 1.165) is 5.56 Å². The Balaban J connectivity index is 1.97. The lowest BCUT2D eigenvalue weighted by molar-refractivity contribution is -0.137. The van der Waals surface area contributed by atoms with Gasteiger partial charge in [0.15, 0.2) is 5.16 Å². The number of rotatable bonds is 6. The molecule has 2 aromatic carbocycles. The smallest absolute Gasteiger partial charge is 0.305 e. The van der Waals surface area contributed by atoms with E-state index in [2.05, 4.69) is 4.98 Å². The minimum Gasteiger partial charge on any atom is -0.481 e. The largest absolute Gasteiger partial charge is 0.481 e. The third kappa shape index (κ3) is 4.21. The number of fused-ring (bicyclic) bond motifs is 1. The Hall–Kier alpha value is -2.31. The number of aliphatic carboxylic acids is 1. The molecule has 0 aliphatic rings. The number of nitrogens with zero attached hydrogens (tertiary/aromatic N) is 2. The zero-order valence-electron chi connectivity index (χ0n) is 13.2. The average Bonchev–Trinajstić information content (AvgIpc) is 2.59. The van der Waals surface area contributed by atoms with Crippen LogP contribution in [-0.4, -0.2) is 20.6 Å². The molecule has 0 atom stereocenters. The van der Waals surface area contributed by atoms with Crippen molar-refractivity contribution in [2.24, 2.45) is 0 Å². The lowest BCUT2D eigenvalue weighted by Crippen LogP contribution is -2.24. The quantitative estimate of drug-likeness (QED) is 0.524. The van der Waals surface area contributed by atoms with Gasteiger partial charge in [-0.1, -0.05) is 47.6 Å². The van der Waals surface area contributed by atoms with Gasteiger partial charge in [-0.25, -0.2) is 4.98 Å². The number of halogens is 1. The molecule has 1 N–H and O–H groups in total. The summed E-state index contributed by atoms with van der Waals surface area (Å²) in [6.07, 6.45) is -0.134. The summed E-state index contributed by atoms with van der Waals surface area (Å²) >= 11 is 7.39. The molecular weight excluding hydrogens is 360 g/mol. The van der Waals surface area contributed by atoms with Crippen molar-refractivity contribution >= 4 is 40.2 Å². The number of carboxylic acid groups (broad SMARTS) is 1. The first-order chi connectivity index (χ1) is 12.0. The van der Waals surface area contributed by atoms with Crippen molar-refractivity contribution in [1.82, 2.24) is 9.55 Å². The summed E-state index contributed by atoms with van der Waals surface area (Å²) in [5.41, 5.74) is 1.39. The van der Waals surface area contributed by atoms with E-state index in [1.807, 2.05) is 24.3 Å². The monoisotopic (exact) mass is 374 g/mol. The lowest BCUT2D eigenvalue weighted by atomic mass is 10.2. The van der Waals surface area contributed by atoms with E-state index in [1.54, 1.807) is 24.3 Å². The predicted octanol–water partition coefficient (Wildman–Crippen LogP) is 3.82. The molecule has 0 saturated heterocycles. The van der Waals surface area contributed by atoms with Gasteiger partial charge in [-0.2, -0.15) is 0 Å². The molecular formula is C18H15ClN2O3S. The maximum absolute atomic E-state index is 12.7. The number of carboxylic acids is 1. The van der Waals surface area contributed by atoms with Gasteiger partial charge in [0.25, 0.3) is 5.56 Å². The van der Waals surface area contributed by atoms with Crippen LogP contribution in [-0.2, 0) is 17.1 Å². The first kappa shape index (κ1) is 17.5. The van der Waals surface area contributed by atoms with E-state index in [0.29, 0.717) is 26.8 Å². The minimum atomic E-state index is -0.953. The summed E-state index contributed by atoms with van der Waals surface area (Å²) in [5.74, 6) is -0.371. The fraction of sp³-hybridized carbons (Fsp3) is 0.167. The second-order valence-electron chi connectivity index (χ2n) is 5.43. The maximum Gasteiger partial charge on any atom is 0.305 e. The van der Waals surface area contributed by atoms with Crippen LogP contribution in [0.3, 0.4) is 0 Å². The molecule has 0 fully saturated rings. The summed E-state index contributed by atoms with van der Waals surface area (Å²) < 4.78 is 1.44. The van der Waals surface area contributed by atoms with Gasteiger partial charge in [0, 0.05) is 17.3 Å². The standard InChI is InChI=1S/C18H15ClN2O3S/c19-13-5-3-4-12(10-13)11-25-18-20-15-7-2-1-6-14(15)17(24)21(18)9-8-16(22)23/h1-7,10H,8-9,11H2,(H,22,23). The van der Waals surface area contributed by atoms with Crippen LogP contribution in [0.1, 0.15) is 12.0 Å². The van der Waals surface area contributed by atoms with E-state index in [-0.39, 0.29) is 18.5 Å². The van der Waals surface area contributed by atoms with Crippen LogP contribution in [0.25, 0.3) is 10.9 Å². The Morgan fingerprint density at radius 2 is 2.00 bits per heavy atom. The van der Waals surface area contributed by atoms with Crippen molar-refractivity contribution in [2.45, 2.75) is 23.9 Å². The van der Waals surface area contributed by atoms with E-state index < -0.39 is 5.97 Å². The van der Waals surface area contributed by atoms with Crippen LogP contribution in [0.4, 0.5) is 0 Å². The third-order valence-electron chi connectivity index (χ3n) is 3.63. The van der Waals surface area contributed by atoms with Gasteiger partial charge in [-0.15, -0.1) is 0 Å². The van der Waals surface area contributed by atoms with Crippen LogP contribution >= 0.6 is 23.4 Å². The number of thioether (sulfide) groups is 1. The van der Waals surface area contributed by atoms with Crippen molar-refractivity contribution in [3.05, 3.63) is 69.5 Å². The fourth-order valence-electron chi connectivity index (χ4n) is 2.44. The Kier molecular flexibility index (Phi) is 5.40. The zero-order valence-corrected chi connectivity index (χ0v) is 14.8. The molecule has 128 valence electrons. The zero-order chi connectivity index (χ0) is 17.8. The first-order valence-electron chi connectivity index (χ1n) is 7.63. The highest BCUT2D eigenvalue weighted by Crippen LogP contribution is 2.23. The van der Waals surface area contributed by atoms with Crippen LogP contribution < -0.4 is 5.56 Å². The highest BCUT2D eigenvalue weighted by atomic mass is 35.5. The third-order valence-corrected chi connectivity index (χ3v) is 4.92. The molecule has 3 aromatic rings. The van der Waals surface area contributed by atoms with Gasteiger partial charge in [0.05, 0.1) is 17.3 Å². The Morgan fingerprint density at radius 1 is 1.20 bits per heavy atom. The van der Waals surface area contributed by atoms with Crippen molar-refractivity contribution < 1.29 is 9.90 Å². The number of aromatic nitrogens is 2. The second kappa shape index (κ2) is 7.72. The Labute approximate surface area is 153 Å². The second-order valence-corrected chi connectivity index (χ2v) is 6.81. The van der Waals surface area contributed by atoms with E-state index >= 15 is 0 Å². The molecule has 1 aromatic heterocycles. The van der Waals surface area contributed by atoms with Crippen molar-refractivity contribution in [3.63, 3.8) is 0 Å². The maximum atomic E-state index is 12.7. The van der Waals surface area contributed by atoms with Crippen LogP contribution in [0.2, 0.25) is 5.02 Å². The minimum absolute atomic E-state index is 0.0872. The molecule has 25 heavy (non-hydrogen) atoms. The van der Waals surface area contributed by atoms with Gasteiger partial charge < -0.3 is 5.11 Å². The summed E-state index contributed by atoms with van der Waals surface area (Å²) in [4.78, 5) is 28.2. The molecule has 0 aliphatic carbocycles. The molecule has 0 spiro atoms. The van der Waals surface area contributed by atoms with Gasteiger partial charge in [-0.05, 0) is 29.8 Å². The van der Waals surface area contributed by atoms with Gasteiger partial charge >= 0.3 is 5.97 Å². The van der Waals surface area contributed by atoms with Crippen molar-refractivity contribution in [3.8, 4) is 0 Å². The molecule has 1 heterocycles. The molecule has 7 heteroatoms. The van der Waals surface area contributed by atoms with Crippen LogP contribution in [0.15, 0.2) is 58.5 Å². The van der Waals surface area contributed by atoms with E-state index in [1.165, 1.54) is 16.3 Å². The van der Waals surface area contributed by atoms with E-state index in [9.17, 15) is 9.59 Å². The molecule has 0 saturated carbocycles. The SMILES string of the molecule is O=C(O)CCn1c(SCc2cccc(Cl)c2)nc2ccccc2c1=O. The predicted molar refractivity (Wildman–Crippen MR) is 99.3 cm³/mol. The topological polar surface area (TPSA) is 72.2 Å². The summed E-state index contributed by atoms with van der Waals surface area (Å²) in [6.45, 7) is 0.0872. The van der Waals surface area contributed by atoms with Gasteiger partial charge in [-0.3, -0.25) is 14.2 Å². The summed E-state index contributed by atoms with van der Waals surface area (Å²) in [5, 5.41) is 10.6. The number of hydrogen-bond donors (Lipinski definition) is 1. The van der Waals surface area contributed by atoms with Crippen LogP contribution in [0, 0.1) is 0 Å². The summed E-state index contributed by atoms with van der Waals surface area (Å²) in [7, 11) is 0. The van der Waals surface area contributed by atoms with Crippen molar-refractivity contribution in [1.29, 1.82) is 0 Å². The molecule has 3 rings (SSSR count). The molecule has 0 amide bonds. The summed E-state index contributed by atoms with van der Waals surface area (Å²) in [6, 6.07) is 14.5. The number of para-hydroxylation sites is 1. The number of carbonyl (C=O) groups is 1. The molecule has 0 bridgehead atoms. The van der Waals surface area contributed by atoms with Gasteiger partial charge in [0.1, 0.15) is 0 Å². The highest BCUT2D eigenvalue weighted by Gasteiger charge is 2.13. The number of benzene rings is 2. The highest BCUT2D eigenvalue weighted by molar-refractivity contribution is 7.98. The normalized spacial score (nSPS) is 10.9. The fourth-order valence-corrected chi connectivity index (χ4v) is 3.62. The lowest BCUT2D eigenvalue weighted by Gasteiger charge is -2.12. The molecule has 0 radical (unpaired) electrons. The molecule has 0 unspecified atom stereocenters. The Morgan fingerprint density at radius 3 is 2.76 bits per heavy atom. The Bertz CT molecular complexity index is 987. The van der Waals surface area contributed by atoms with Gasteiger partial charge in [0.2, 0.25) is 0 Å². The number of hydrogen-bond acceptors (Lipinski definition) is 4. The van der Waals surface area contributed by atoms with Crippen LogP contribution in [0.5, 0.6) is 0 Å². The first-order valence-corrected chi connectivity index (χ1v) is 8.99. The van der Waals surface area contributed by atoms with E-state index in [4.69, 9.17) is 16.7 Å². The average molecular weight is 375 g/mol. The molecule has 5 nitrogen and oxygen atoms in total. The van der Waals surface area contributed by atoms with Crippen molar-refractivity contribution in [2.75, 3.05) is 0 Å². The molecule has 0 aliphatic heterocycles.